The third-order valence-electron chi connectivity index (χ3n) is 3.80. The van der Waals surface area contributed by atoms with E-state index in [0.717, 1.165) is 0 Å². The van der Waals surface area contributed by atoms with Crippen molar-refractivity contribution >= 4 is 46.7 Å². The van der Waals surface area contributed by atoms with Crippen molar-refractivity contribution in [1.29, 1.82) is 0 Å². The molecular formula is C21H15Cl2NO3. The van der Waals surface area contributed by atoms with Gasteiger partial charge in [-0.3, -0.25) is 9.59 Å². The van der Waals surface area contributed by atoms with Crippen molar-refractivity contribution in [3.63, 3.8) is 0 Å². The lowest BCUT2D eigenvalue weighted by Crippen LogP contribution is -2.07. The molecule has 0 bridgehead atoms. The maximum Gasteiger partial charge on any atom is 0.248 e. The maximum atomic E-state index is 12.0. The number of rotatable bonds is 5. The summed E-state index contributed by atoms with van der Waals surface area (Å²) in [5.41, 5.74) is 1.87. The Morgan fingerprint density at radius 2 is 1.74 bits per heavy atom. The molecule has 0 fully saturated rings. The van der Waals surface area contributed by atoms with E-state index in [9.17, 15) is 9.59 Å². The summed E-state index contributed by atoms with van der Waals surface area (Å²) in [5, 5.41) is 3.57. The summed E-state index contributed by atoms with van der Waals surface area (Å²) in [5.74, 6) is 0.719. The van der Waals surface area contributed by atoms with E-state index >= 15 is 0 Å². The van der Waals surface area contributed by atoms with Gasteiger partial charge in [0.05, 0.1) is 10.0 Å². The molecule has 0 saturated heterocycles. The van der Waals surface area contributed by atoms with E-state index in [4.69, 9.17) is 27.6 Å². The van der Waals surface area contributed by atoms with Crippen LogP contribution in [0.4, 0.5) is 5.69 Å². The number of carbonyl (C=O) groups excluding carboxylic acids is 2. The van der Waals surface area contributed by atoms with E-state index in [-0.39, 0.29) is 11.7 Å². The van der Waals surface area contributed by atoms with Gasteiger partial charge >= 0.3 is 0 Å². The van der Waals surface area contributed by atoms with Crippen molar-refractivity contribution in [2.45, 2.75) is 6.92 Å². The fourth-order valence-corrected chi connectivity index (χ4v) is 2.80. The molecule has 136 valence electrons. The molecule has 0 saturated carbocycles. The zero-order valence-electron chi connectivity index (χ0n) is 14.3. The topological polar surface area (TPSA) is 59.3 Å². The summed E-state index contributed by atoms with van der Waals surface area (Å²) < 4.78 is 5.70. The monoisotopic (exact) mass is 399 g/mol. The van der Waals surface area contributed by atoms with Crippen LogP contribution >= 0.6 is 23.2 Å². The Bertz CT molecular complexity index is 1020. The largest absolute Gasteiger partial charge is 0.457 e. The smallest absolute Gasteiger partial charge is 0.248 e. The molecule has 3 rings (SSSR count). The molecule has 1 aromatic heterocycles. The van der Waals surface area contributed by atoms with Gasteiger partial charge < -0.3 is 9.73 Å². The zero-order chi connectivity index (χ0) is 19.4. The number of anilines is 1. The van der Waals surface area contributed by atoms with Crippen LogP contribution in [0.5, 0.6) is 0 Å². The van der Waals surface area contributed by atoms with Gasteiger partial charge in [-0.25, -0.2) is 0 Å². The van der Waals surface area contributed by atoms with Gasteiger partial charge in [-0.05, 0) is 61.5 Å². The van der Waals surface area contributed by atoms with Crippen LogP contribution in [0, 0.1) is 0 Å². The molecule has 0 unspecified atom stereocenters. The molecule has 0 aliphatic rings. The zero-order valence-corrected chi connectivity index (χ0v) is 15.8. The second-order valence-electron chi connectivity index (χ2n) is 5.76. The number of amides is 1. The van der Waals surface area contributed by atoms with Crippen LogP contribution in [0.15, 0.2) is 65.1 Å². The van der Waals surface area contributed by atoms with E-state index in [0.29, 0.717) is 38.4 Å². The maximum absolute atomic E-state index is 12.0. The highest BCUT2D eigenvalue weighted by atomic mass is 35.5. The third-order valence-corrected chi connectivity index (χ3v) is 4.62. The average molecular weight is 400 g/mol. The highest BCUT2D eigenvalue weighted by Crippen LogP contribution is 2.34. The SMILES string of the molecule is CC(=O)c1ccc(NC(=O)C=Cc2ccc(-c3cccc(Cl)c3Cl)o2)cc1. The van der Waals surface area contributed by atoms with Crippen molar-refractivity contribution in [1.82, 2.24) is 0 Å². The molecule has 0 atom stereocenters. The Balaban J connectivity index is 1.67. The molecule has 1 N–H and O–H groups in total. The average Bonchev–Trinajstić information content (AvgIpc) is 3.11. The molecule has 3 aromatic rings. The highest BCUT2D eigenvalue weighted by Gasteiger charge is 2.10. The first-order valence-corrected chi connectivity index (χ1v) is 8.84. The van der Waals surface area contributed by atoms with Crippen molar-refractivity contribution in [3.8, 4) is 11.3 Å². The number of Topliss-reactive ketones (excluding diaryl/α,β-unsaturated/α-hetero) is 1. The Hall–Kier alpha value is -2.82. The molecule has 2 aromatic carbocycles. The van der Waals surface area contributed by atoms with Gasteiger partial charge in [0.15, 0.2) is 5.78 Å². The lowest BCUT2D eigenvalue weighted by molar-refractivity contribution is -0.111. The van der Waals surface area contributed by atoms with Crippen LogP contribution in [-0.4, -0.2) is 11.7 Å². The van der Waals surface area contributed by atoms with Gasteiger partial charge in [0.1, 0.15) is 11.5 Å². The molecule has 1 heterocycles. The van der Waals surface area contributed by atoms with Gasteiger partial charge in [0.2, 0.25) is 5.91 Å². The van der Waals surface area contributed by atoms with E-state index in [1.165, 1.54) is 13.0 Å². The van der Waals surface area contributed by atoms with Gasteiger partial charge in [0.25, 0.3) is 0 Å². The molecule has 6 heteroatoms. The third kappa shape index (κ3) is 4.67. The second-order valence-corrected chi connectivity index (χ2v) is 6.54. The molecule has 0 radical (unpaired) electrons. The standard InChI is InChI=1S/C21H15Cl2NO3/c1-13(25)14-5-7-15(8-6-14)24-20(26)12-10-16-9-11-19(27-16)17-3-2-4-18(22)21(17)23/h2-12H,1H3,(H,24,26). The quantitative estimate of drug-likeness (QED) is 0.415. The summed E-state index contributed by atoms with van der Waals surface area (Å²) >= 11 is 12.2. The molecule has 1 amide bonds. The first-order chi connectivity index (χ1) is 12.9. The summed E-state index contributed by atoms with van der Waals surface area (Å²) in [6.45, 7) is 1.49. The molecular weight excluding hydrogens is 385 g/mol. The minimum Gasteiger partial charge on any atom is -0.457 e. The second kappa shape index (κ2) is 8.25. The van der Waals surface area contributed by atoms with Crippen molar-refractivity contribution in [2.75, 3.05) is 5.32 Å². The lowest BCUT2D eigenvalue weighted by atomic mass is 10.1. The van der Waals surface area contributed by atoms with Gasteiger partial charge in [-0.15, -0.1) is 0 Å². The van der Waals surface area contributed by atoms with Crippen LogP contribution in [0.3, 0.4) is 0 Å². The van der Waals surface area contributed by atoms with Crippen molar-refractivity contribution < 1.29 is 14.0 Å². The Labute approximate surface area is 166 Å². The first-order valence-electron chi connectivity index (χ1n) is 8.08. The number of carbonyl (C=O) groups is 2. The number of ketones is 1. The van der Waals surface area contributed by atoms with Crippen LogP contribution < -0.4 is 5.32 Å². The molecule has 0 aliphatic carbocycles. The number of benzene rings is 2. The summed E-state index contributed by atoms with van der Waals surface area (Å²) in [7, 11) is 0. The highest BCUT2D eigenvalue weighted by molar-refractivity contribution is 6.43. The first kappa shape index (κ1) is 19.0. The minimum absolute atomic E-state index is 0.0267. The molecule has 0 aliphatic heterocycles. The summed E-state index contributed by atoms with van der Waals surface area (Å²) in [6, 6.07) is 15.5. The van der Waals surface area contributed by atoms with E-state index in [1.807, 2.05) is 0 Å². The fourth-order valence-electron chi connectivity index (χ4n) is 2.41. The predicted molar refractivity (Wildman–Crippen MR) is 108 cm³/mol. The van der Waals surface area contributed by atoms with Crippen molar-refractivity contribution in [2.24, 2.45) is 0 Å². The van der Waals surface area contributed by atoms with Crippen LogP contribution in [0.25, 0.3) is 17.4 Å². The number of halogens is 2. The van der Waals surface area contributed by atoms with Crippen molar-refractivity contribution in [3.05, 3.63) is 82.0 Å². The Morgan fingerprint density at radius 1 is 1.00 bits per heavy atom. The molecule has 27 heavy (non-hydrogen) atoms. The molecule has 0 spiro atoms. The summed E-state index contributed by atoms with van der Waals surface area (Å²) in [6.07, 6.45) is 2.92. The van der Waals surface area contributed by atoms with E-state index in [1.54, 1.807) is 60.7 Å². The van der Waals surface area contributed by atoms with Gasteiger partial charge in [-0.1, -0.05) is 29.3 Å². The van der Waals surface area contributed by atoms with Gasteiger partial charge in [-0.2, -0.15) is 0 Å². The fraction of sp³-hybridized carbons (Fsp3) is 0.0476. The van der Waals surface area contributed by atoms with Gasteiger partial charge in [0, 0.05) is 22.9 Å². The van der Waals surface area contributed by atoms with E-state index < -0.39 is 0 Å². The van der Waals surface area contributed by atoms with E-state index in [2.05, 4.69) is 5.32 Å². The number of nitrogens with one attached hydrogen (secondary N) is 1. The number of hydrogen-bond donors (Lipinski definition) is 1. The van der Waals surface area contributed by atoms with Crippen LogP contribution in [0.2, 0.25) is 10.0 Å². The number of furan rings is 1. The minimum atomic E-state index is -0.315. The number of hydrogen-bond acceptors (Lipinski definition) is 3. The predicted octanol–water partition coefficient (Wildman–Crippen LogP) is 6.11. The normalized spacial score (nSPS) is 10.9. The Kier molecular flexibility index (Phi) is 5.79. The van der Waals surface area contributed by atoms with Crippen LogP contribution in [0.1, 0.15) is 23.0 Å². The summed E-state index contributed by atoms with van der Waals surface area (Å²) in [4.78, 5) is 23.3. The lowest BCUT2D eigenvalue weighted by Gasteiger charge is -2.03. The molecule has 4 nitrogen and oxygen atoms in total. The van der Waals surface area contributed by atoms with Crippen LogP contribution in [-0.2, 0) is 4.79 Å². The Morgan fingerprint density at radius 3 is 2.44 bits per heavy atom.